The number of carbonyl (C=O) groups excluding carboxylic acids is 2. The number of aryl methyl sites for hydroxylation is 2. The molecule has 5 nitrogen and oxygen atoms in total. The summed E-state index contributed by atoms with van der Waals surface area (Å²) in [5.41, 5.74) is 3.69. The van der Waals surface area contributed by atoms with Crippen LogP contribution in [0.25, 0.3) is 11.1 Å². The van der Waals surface area contributed by atoms with Crippen LogP contribution >= 0.6 is 23.2 Å². The third kappa shape index (κ3) is 8.01. The summed E-state index contributed by atoms with van der Waals surface area (Å²) in [5.74, 6) is -0.360. The van der Waals surface area contributed by atoms with Crippen molar-refractivity contribution in [1.82, 2.24) is 5.32 Å². The van der Waals surface area contributed by atoms with Gasteiger partial charge >= 0.3 is 5.97 Å². The lowest BCUT2D eigenvalue weighted by atomic mass is 9.98. The van der Waals surface area contributed by atoms with Crippen molar-refractivity contribution in [3.8, 4) is 16.9 Å². The Hall–Kier alpha value is -3.02. The lowest BCUT2D eigenvalue weighted by Gasteiger charge is -2.19. The minimum atomic E-state index is -0.543. The number of ether oxygens (including phenoxy) is 1. The first-order valence-corrected chi connectivity index (χ1v) is 12.1. The lowest BCUT2D eigenvalue weighted by Crippen LogP contribution is -2.29. The maximum absolute atomic E-state index is 12.3. The van der Waals surface area contributed by atoms with E-state index in [0.29, 0.717) is 28.5 Å². The van der Waals surface area contributed by atoms with Crippen LogP contribution < -0.4 is 5.32 Å². The third-order valence-corrected chi connectivity index (χ3v) is 6.01. The molecule has 1 amide bonds. The number of rotatable bonds is 8. The van der Waals surface area contributed by atoms with Crippen molar-refractivity contribution in [2.75, 3.05) is 6.54 Å². The van der Waals surface area contributed by atoms with Gasteiger partial charge in [0.05, 0.1) is 16.5 Å². The van der Waals surface area contributed by atoms with E-state index in [-0.39, 0.29) is 30.6 Å². The average molecular weight is 514 g/mol. The summed E-state index contributed by atoms with van der Waals surface area (Å²) in [5, 5.41) is 14.0. The number of esters is 1. The molecule has 0 aliphatic rings. The van der Waals surface area contributed by atoms with E-state index >= 15 is 0 Å². The normalized spacial score (nSPS) is 11.2. The van der Waals surface area contributed by atoms with Crippen LogP contribution in [0.4, 0.5) is 0 Å². The van der Waals surface area contributed by atoms with Crippen molar-refractivity contribution in [1.29, 1.82) is 0 Å². The molecular formula is C28H29Cl2NO4. The fraction of sp³-hybridized carbons (Fsp3) is 0.286. The number of nitrogens with one attached hydrogen (secondary N) is 1. The predicted molar refractivity (Wildman–Crippen MR) is 140 cm³/mol. The van der Waals surface area contributed by atoms with Crippen molar-refractivity contribution < 1.29 is 19.4 Å². The SMILES string of the molecule is CC(C)(C)OC(=O)CCNC(=O)c1ccc(CCc2cc(-c3ccc(Cl)c(Cl)c3)ccc2O)cc1. The number of aromatic hydroxyl groups is 1. The highest BCUT2D eigenvalue weighted by atomic mass is 35.5. The van der Waals surface area contributed by atoms with Gasteiger partial charge in [0.15, 0.2) is 0 Å². The van der Waals surface area contributed by atoms with Gasteiger partial charge in [-0.1, -0.05) is 47.5 Å². The van der Waals surface area contributed by atoms with E-state index in [1.807, 2.05) is 30.3 Å². The van der Waals surface area contributed by atoms with E-state index in [0.717, 1.165) is 22.3 Å². The first kappa shape index (κ1) is 26.6. The highest BCUT2D eigenvalue weighted by Gasteiger charge is 2.16. The summed E-state index contributed by atoms with van der Waals surface area (Å²) >= 11 is 12.2. The molecule has 0 unspecified atom stereocenters. The zero-order valence-corrected chi connectivity index (χ0v) is 21.5. The summed E-state index contributed by atoms with van der Waals surface area (Å²) in [4.78, 5) is 24.1. The molecule has 0 heterocycles. The fourth-order valence-corrected chi connectivity index (χ4v) is 3.81. The van der Waals surface area contributed by atoms with Gasteiger partial charge in [-0.3, -0.25) is 9.59 Å². The smallest absolute Gasteiger partial charge is 0.308 e. The molecule has 0 spiro atoms. The molecule has 3 aromatic rings. The minimum absolute atomic E-state index is 0.117. The summed E-state index contributed by atoms with van der Waals surface area (Å²) in [6.07, 6.45) is 1.44. The Balaban J connectivity index is 1.56. The number of phenolic OH excluding ortho intramolecular Hbond substituents is 1. The number of benzene rings is 3. The molecule has 35 heavy (non-hydrogen) atoms. The van der Waals surface area contributed by atoms with Gasteiger partial charge in [0.25, 0.3) is 5.91 Å². The summed E-state index contributed by atoms with van der Waals surface area (Å²) < 4.78 is 5.24. The molecule has 184 valence electrons. The molecule has 0 aliphatic heterocycles. The second kappa shape index (κ2) is 11.6. The van der Waals surface area contributed by atoms with Gasteiger partial charge < -0.3 is 15.2 Å². The van der Waals surface area contributed by atoms with Crippen LogP contribution in [0.1, 0.15) is 48.7 Å². The summed E-state index contributed by atoms with van der Waals surface area (Å²) in [6, 6.07) is 18.2. The Morgan fingerprint density at radius 1 is 0.886 bits per heavy atom. The van der Waals surface area contributed by atoms with Gasteiger partial charge in [-0.05, 0) is 92.3 Å². The molecule has 0 bridgehead atoms. The Morgan fingerprint density at radius 2 is 1.54 bits per heavy atom. The van der Waals surface area contributed by atoms with Crippen molar-refractivity contribution in [2.45, 2.75) is 45.6 Å². The zero-order chi connectivity index (χ0) is 25.6. The molecule has 0 aromatic heterocycles. The molecule has 2 N–H and O–H groups in total. The number of amides is 1. The second-order valence-corrected chi connectivity index (χ2v) is 10.1. The van der Waals surface area contributed by atoms with Crippen LogP contribution in [0.15, 0.2) is 60.7 Å². The topological polar surface area (TPSA) is 75.6 Å². The van der Waals surface area contributed by atoms with Gasteiger partial charge in [-0.15, -0.1) is 0 Å². The first-order valence-electron chi connectivity index (χ1n) is 11.4. The maximum Gasteiger partial charge on any atom is 0.308 e. The van der Waals surface area contributed by atoms with E-state index in [1.54, 1.807) is 51.1 Å². The summed E-state index contributed by atoms with van der Waals surface area (Å²) in [7, 11) is 0. The van der Waals surface area contributed by atoms with E-state index in [1.165, 1.54) is 0 Å². The van der Waals surface area contributed by atoms with E-state index in [4.69, 9.17) is 27.9 Å². The lowest BCUT2D eigenvalue weighted by molar-refractivity contribution is -0.154. The average Bonchev–Trinajstić information content (AvgIpc) is 2.79. The monoisotopic (exact) mass is 513 g/mol. The van der Waals surface area contributed by atoms with Crippen LogP contribution in [-0.4, -0.2) is 29.1 Å². The highest BCUT2D eigenvalue weighted by molar-refractivity contribution is 6.42. The van der Waals surface area contributed by atoms with Crippen LogP contribution in [-0.2, 0) is 22.4 Å². The Kier molecular flexibility index (Phi) is 8.82. The van der Waals surface area contributed by atoms with Crippen LogP contribution in [0.3, 0.4) is 0 Å². The van der Waals surface area contributed by atoms with E-state index in [2.05, 4.69) is 5.32 Å². The van der Waals surface area contributed by atoms with Crippen molar-refractivity contribution in [3.63, 3.8) is 0 Å². The molecule has 0 saturated heterocycles. The molecule has 3 rings (SSSR count). The summed E-state index contributed by atoms with van der Waals surface area (Å²) in [6.45, 7) is 5.63. The molecule has 0 fully saturated rings. The quantitative estimate of drug-likeness (QED) is 0.332. The molecule has 3 aromatic carbocycles. The molecule has 7 heteroatoms. The number of phenols is 1. The maximum atomic E-state index is 12.3. The van der Waals surface area contributed by atoms with Gasteiger partial charge in [0, 0.05) is 12.1 Å². The van der Waals surface area contributed by atoms with Crippen LogP contribution in [0, 0.1) is 0 Å². The van der Waals surface area contributed by atoms with Gasteiger partial charge in [-0.2, -0.15) is 0 Å². The van der Waals surface area contributed by atoms with Gasteiger partial charge in [-0.25, -0.2) is 0 Å². The van der Waals surface area contributed by atoms with Crippen molar-refractivity contribution >= 4 is 35.1 Å². The molecule has 0 radical (unpaired) electrons. The third-order valence-electron chi connectivity index (χ3n) is 5.27. The van der Waals surface area contributed by atoms with Crippen molar-refractivity contribution in [3.05, 3.63) is 87.4 Å². The Labute approximate surface area is 216 Å². The van der Waals surface area contributed by atoms with Crippen molar-refractivity contribution in [2.24, 2.45) is 0 Å². The predicted octanol–water partition coefficient (Wildman–Crippen LogP) is 6.61. The van der Waals surface area contributed by atoms with E-state index < -0.39 is 5.60 Å². The number of halogens is 2. The molecule has 0 aliphatic carbocycles. The number of hydrogen-bond acceptors (Lipinski definition) is 4. The Morgan fingerprint density at radius 3 is 2.20 bits per heavy atom. The fourth-order valence-electron chi connectivity index (χ4n) is 3.52. The number of hydrogen-bond donors (Lipinski definition) is 2. The standard InChI is InChI=1S/C28H29Cl2NO4/c1-28(2,3)35-26(33)14-15-31-27(34)19-7-4-18(5-8-19)6-9-22-16-20(11-13-25(22)32)21-10-12-23(29)24(30)17-21/h4-5,7-8,10-13,16-17,32H,6,9,14-15H2,1-3H3,(H,31,34). The van der Waals surface area contributed by atoms with Crippen LogP contribution in [0.2, 0.25) is 10.0 Å². The second-order valence-electron chi connectivity index (χ2n) is 9.26. The van der Waals surface area contributed by atoms with Gasteiger partial charge in [0.1, 0.15) is 11.4 Å². The first-order chi connectivity index (χ1) is 16.5. The largest absolute Gasteiger partial charge is 0.508 e. The Bertz CT molecular complexity index is 1200. The molecule has 0 saturated carbocycles. The zero-order valence-electron chi connectivity index (χ0n) is 20.0. The number of carbonyl (C=O) groups is 2. The minimum Gasteiger partial charge on any atom is -0.508 e. The molecule has 0 atom stereocenters. The highest BCUT2D eigenvalue weighted by Crippen LogP contribution is 2.31. The van der Waals surface area contributed by atoms with Gasteiger partial charge in [0.2, 0.25) is 0 Å². The molecular weight excluding hydrogens is 485 g/mol. The van der Waals surface area contributed by atoms with E-state index in [9.17, 15) is 14.7 Å². The van der Waals surface area contributed by atoms with Crippen LogP contribution in [0.5, 0.6) is 5.75 Å².